The van der Waals surface area contributed by atoms with Gasteiger partial charge in [0, 0.05) is 30.3 Å². The summed E-state index contributed by atoms with van der Waals surface area (Å²) in [4.78, 5) is 41.6. The van der Waals surface area contributed by atoms with E-state index in [2.05, 4.69) is 21.2 Å². The first-order valence-electron chi connectivity index (χ1n) is 12.2. The molecule has 0 saturated carbocycles. The van der Waals surface area contributed by atoms with Crippen LogP contribution < -0.4 is 10.2 Å². The van der Waals surface area contributed by atoms with Crippen LogP contribution in [0.25, 0.3) is 0 Å². The normalized spacial score (nSPS) is 16.6. The van der Waals surface area contributed by atoms with Gasteiger partial charge in [0.1, 0.15) is 28.8 Å². The Balaban J connectivity index is 1.46. The largest absolute Gasteiger partial charge is 0.482 e. The van der Waals surface area contributed by atoms with Gasteiger partial charge < -0.3 is 20.1 Å². The number of amides is 3. The zero-order chi connectivity index (χ0) is 28.3. The summed E-state index contributed by atoms with van der Waals surface area (Å²) in [5, 5.41) is 12.8. The third-order valence-corrected chi connectivity index (χ3v) is 10.4. The van der Waals surface area contributed by atoms with Crippen molar-refractivity contribution >= 4 is 63.7 Å². The highest BCUT2D eigenvalue weighted by Crippen LogP contribution is 2.37. The smallest absolute Gasteiger partial charge is 0.274 e. The number of rotatable bonds is 8. The lowest BCUT2D eigenvalue weighted by Gasteiger charge is -2.29. The maximum atomic E-state index is 14.0. The summed E-state index contributed by atoms with van der Waals surface area (Å²) >= 11 is 2.36. The number of anilines is 1. The molecule has 0 bridgehead atoms. The Morgan fingerprint density at radius 1 is 1.15 bits per heavy atom. The SMILES string of the molecule is CC1=IC(OCc2ccc(F)cc2F)=C(Br)C(=O)N1c1cc(C(=O)NC[C@H](O)C(=O)N2CCCC2)ccc1C. The van der Waals surface area contributed by atoms with Crippen LogP contribution >= 0.6 is 36.7 Å². The molecule has 2 aliphatic rings. The Kier molecular flexibility index (Phi) is 9.49. The van der Waals surface area contributed by atoms with Crippen molar-refractivity contribution in [3.63, 3.8) is 0 Å². The molecule has 12 heteroatoms. The van der Waals surface area contributed by atoms with E-state index in [1.165, 1.54) is 11.0 Å². The lowest BCUT2D eigenvalue weighted by molar-refractivity contribution is -0.138. The van der Waals surface area contributed by atoms with Gasteiger partial charge in [0.15, 0.2) is 3.77 Å². The molecule has 2 aromatic carbocycles. The summed E-state index contributed by atoms with van der Waals surface area (Å²) in [6.45, 7) is 4.44. The van der Waals surface area contributed by atoms with Crippen LogP contribution in [0.2, 0.25) is 0 Å². The first kappa shape index (κ1) is 29.3. The molecule has 1 atom stereocenters. The number of aryl methyl sites for hydroxylation is 1. The molecule has 39 heavy (non-hydrogen) atoms. The van der Waals surface area contributed by atoms with Gasteiger partial charge in [-0.3, -0.25) is 19.3 Å². The number of carbonyl (C=O) groups is 3. The molecule has 0 radical (unpaired) electrons. The van der Waals surface area contributed by atoms with Gasteiger partial charge in [-0.15, -0.1) is 0 Å². The van der Waals surface area contributed by atoms with Gasteiger partial charge in [0.2, 0.25) is 0 Å². The van der Waals surface area contributed by atoms with E-state index in [0.717, 1.165) is 34.2 Å². The second-order valence-corrected chi connectivity index (χ2v) is 13.0. The maximum absolute atomic E-state index is 14.0. The molecule has 0 aromatic heterocycles. The first-order valence-corrected chi connectivity index (χ1v) is 15.2. The minimum absolute atomic E-state index is 0.155. The fraction of sp³-hybridized carbons (Fsp3) is 0.333. The second kappa shape index (κ2) is 12.6. The Morgan fingerprint density at radius 3 is 2.56 bits per heavy atom. The summed E-state index contributed by atoms with van der Waals surface area (Å²) < 4.78 is 34.3. The van der Waals surface area contributed by atoms with Gasteiger partial charge in [0.05, 0.1) is 15.9 Å². The molecule has 2 heterocycles. The molecule has 4 rings (SSSR count). The number of nitrogens with one attached hydrogen (secondary N) is 1. The van der Waals surface area contributed by atoms with Crippen LogP contribution in [0.3, 0.4) is 0 Å². The zero-order valence-corrected chi connectivity index (χ0v) is 25.0. The molecular weight excluding hydrogens is 691 g/mol. The number of hydrogen-bond donors (Lipinski definition) is 2. The Morgan fingerprint density at radius 2 is 1.87 bits per heavy atom. The summed E-state index contributed by atoms with van der Waals surface area (Å²) in [6, 6.07) is 8.13. The quantitative estimate of drug-likeness (QED) is 0.399. The van der Waals surface area contributed by atoms with E-state index in [-0.39, 0.29) is 28.8 Å². The van der Waals surface area contributed by atoms with Crippen LogP contribution in [0.15, 0.2) is 44.6 Å². The average molecular weight is 718 g/mol. The number of aliphatic hydroxyl groups excluding tert-OH is 1. The fourth-order valence-electron chi connectivity index (χ4n) is 4.19. The van der Waals surface area contributed by atoms with E-state index >= 15 is 0 Å². The van der Waals surface area contributed by atoms with Gasteiger partial charge in [-0.05, 0) is 93.2 Å². The molecular formula is C27H27BrF2IN3O5. The van der Waals surface area contributed by atoms with E-state index in [1.807, 2.05) is 6.92 Å². The molecule has 0 unspecified atom stereocenters. The lowest BCUT2D eigenvalue weighted by Crippen LogP contribution is -2.44. The highest BCUT2D eigenvalue weighted by molar-refractivity contribution is 14.2. The number of likely N-dealkylation sites (tertiary alicyclic amines) is 1. The van der Waals surface area contributed by atoms with E-state index < -0.39 is 56.2 Å². The molecule has 2 aromatic rings. The lowest BCUT2D eigenvalue weighted by atomic mass is 10.1. The summed E-state index contributed by atoms with van der Waals surface area (Å²) in [5.41, 5.74) is 1.70. The van der Waals surface area contributed by atoms with Crippen molar-refractivity contribution in [3.05, 3.63) is 73.0 Å². The molecule has 2 N–H and O–H groups in total. The topological polar surface area (TPSA) is 99.2 Å². The Bertz CT molecular complexity index is 1380. The van der Waals surface area contributed by atoms with E-state index in [0.29, 0.717) is 22.5 Å². The summed E-state index contributed by atoms with van der Waals surface area (Å²) in [6.07, 6.45) is 0.469. The number of benzene rings is 2. The molecule has 3 amide bonds. The molecule has 8 nitrogen and oxygen atoms in total. The number of ether oxygens (including phenoxy) is 1. The number of nitrogens with zero attached hydrogens (tertiary/aromatic N) is 2. The van der Waals surface area contributed by atoms with Crippen LogP contribution in [-0.4, -0.2) is 57.1 Å². The van der Waals surface area contributed by atoms with Crippen molar-refractivity contribution in [2.75, 3.05) is 24.5 Å². The number of carbonyl (C=O) groups excluding carboxylic acids is 3. The summed E-state index contributed by atoms with van der Waals surface area (Å²) in [7, 11) is 0. The second-order valence-electron chi connectivity index (χ2n) is 9.10. The number of aliphatic hydroxyl groups is 1. The van der Waals surface area contributed by atoms with Crippen molar-refractivity contribution in [1.29, 1.82) is 0 Å². The fourth-order valence-corrected chi connectivity index (χ4v) is 7.20. The van der Waals surface area contributed by atoms with Gasteiger partial charge in [-0.25, -0.2) is 8.78 Å². The van der Waals surface area contributed by atoms with Gasteiger partial charge in [-0.1, -0.05) is 6.07 Å². The maximum Gasteiger partial charge on any atom is 0.274 e. The Labute approximate surface area is 242 Å². The van der Waals surface area contributed by atoms with Gasteiger partial charge in [0.25, 0.3) is 17.7 Å². The predicted octanol–water partition coefficient (Wildman–Crippen LogP) is 4.23. The Hall–Kier alpha value is -2.71. The van der Waals surface area contributed by atoms with Crippen molar-refractivity contribution in [3.8, 4) is 0 Å². The minimum atomic E-state index is -1.33. The number of halogens is 4. The average Bonchev–Trinajstić information content (AvgIpc) is 3.45. The third-order valence-electron chi connectivity index (χ3n) is 6.33. The highest BCUT2D eigenvalue weighted by Gasteiger charge is 2.31. The predicted molar refractivity (Wildman–Crippen MR) is 155 cm³/mol. The van der Waals surface area contributed by atoms with E-state index in [9.17, 15) is 28.3 Å². The van der Waals surface area contributed by atoms with Crippen LogP contribution in [0.5, 0.6) is 0 Å². The molecule has 2 aliphatic heterocycles. The third kappa shape index (κ3) is 6.72. The van der Waals surface area contributed by atoms with Crippen molar-refractivity contribution in [1.82, 2.24) is 10.2 Å². The van der Waals surface area contributed by atoms with Crippen LogP contribution in [0.1, 0.15) is 41.3 Å². The highest BCUT2D eigenvalue weighted by atomic mass is 127. The number of hydrogen-bond acceptors (Lipinski definition) is 5. The molecule has 0 spiro atoms. The van der Waals surface area contributed by atoms with E-state index in [1.54, 1.807) is 30.0 Å². The minimum Gasteiger partial charge on any atom is -0.482 e. The first-order chi connectivity index (χ1) is 18.6. The van der Waals surface area contributed by atoms with Crippen molar-refractivity contribution in [2.45, 2.75) is 39.4 Å². The van der Waals surface area contributed by atoms with E-state index in [4.69, 9.17) is 4.74 Å². The van der Waals surface area contributed by atoms with Gasteiger partial charge in [-0.2, -0.15) is 0 Å². The zero-order valence-electron chi connectivity index (χ0n) is 21.3. The molecule has 1 fully saturated rings. The molecule has 208 valence electrons. The van der Waals surface area contributed by atoms with Gasteiger partial charge >= 0.3 is 0 Å². The van der Waals surface area contributed by atoms with Crippen LogP contribution in [0.4, 0.5) is 14.5 Å². The molecule has 0 aliphatic carbocycles. The van der Waals surface area contributed by atoms with Crippen molar-refractivity contribution in [2.24, 2.45) is 0 Å². The monoisotopic (exact) mass is 717 g/mol. The van der Waals surface area contributed by atoms with Crippen LogP contribution in [-0.2, 0) is 20.9 Å². The van der Waals surface area contributed by atoms with Crippen molar-refractivity contribution < 1.29 is 33.0 Å². The summed E-state index contributed by atoms with van der Waals surface area (Å²) in [5.74, 6) is -2.70. The van der Waals surface area contributed by atoms with Crippen LogP contribution in [0, 0.1) is 18.6 Å². The molecule has 1 saturated heterocycles. The standard InChI is InChI=1S/C27H27BrF2IN3O5/c1-15-5-6-17(25(36)32-13-22(35)26(37)33-9-3-4-10-33)11-21(15)34-16(2)31-24(23(28)27(34)38)39-14-18-7-8-19(29)12-20(18)30/h5-8,11-12,22,35H,3-4,9-10,13-14H2,1-2H3,(H,32,36)/t22-/m0/s1.